The second-order valence-electron chi connectivity index (χ2n) is 8.56. The Kier molecular flexibility index (Phi) is 7.67. The topological polar surface area (TPSA) is 45.9 Å². The summed E-state index contributed by atoms with van der Waals surface area (Å²) < 4.78 is 24.9. The molecule has 0 saturated carbocycles. The molecule has 0 radical (unpaired) electrons. The molecule has 0 unspecified atom stereocenters. The van der Waals surface area contributed by atoms with Crippen molar-refractivity contribution < 1.29 is 18.3 Å². The molecule has 0 aliphatic carbocycles. The number of furan rings is 1. The van der Waals surface area contributed by atoms with Crippen molar-refractivity contribution in [2.45, 2.75) is 33.2 Å². The Morgan fingerprint density at radius 2 is 2.10 bits per heavy atom. The standard InChI is InChI=1S/C24H33FN2O3/c1-17(2)24(28)27(10-11-29-4)14-20-13-26(15-22-9-8-18(3)30-22)16-23(20)19-6-5-7-21(25)12-19/h5-9,12,17,20,23H,10-11,13-16H2,1-4H3/t20-,23-/m0/s1. The van der Waals surface area contributed by atoms with E-state index in [2.05, 4.69) is 4.90 Å². The van der Waals surface area contributed by atoms with Gasteiger partial charge in [0.25, 0.3) is 0 Å². The van der Waals surface area contributed by atoms with E-state index in [9.17, 15) is 9.18 Å². The van der Waals surface area contributed by atoms with Crippen molar-refractivity contribution in [3.8, 4) is 0 Å². The van der Waals surface area contributed by atoms with Crippen molar-refractivity contribution in [3.63, 3.8) is 0 Å². The van der Waals surface area contributed by atoms with Crippen LogP contribution in [0.1, 0.15) is 36.8 Å². The number of likely N-dealkylation sites (tertiary alicyclic amines) is 1. The van der Waals surface area contributed by atoms with Crippen LogP contribution in [0.4, 0.5) is 4.39 Å². The van der Waals surface area contributed by atoms with Crippen LogP contribution in [0.2, 0.25) is 0 Å². The molecule has 1 saturated heterocycles. The maximum absolute atomic E-state index is 13.9. The quantitative estimate of drug-likeness (QED) is 0.618. The fourth-order valence-corrected chi connectivity index (χ4v) is 4.32. The van der Waals surface area contributed by atoms with E-state index in [0.717, 1.165) is 30.2 Å². The van der Waals surface area contributed by atoms with Crippen LogP contribution >= 0.6 is 0 Å². The number of benzene rings is 1. The predicted octanol–water partition coefficient (Wildman–Crippen LogP) is 4.07. The summed E-state index contributed by atoms with van der Waals surface area (Å²) in [4.78, 5) is 17.0. The minimum Gasteiger partial charge on any atom is -0.465 e. The molecule has 2 aromatic rings. The molecule has 2 heterocycles. The highest BCUT2D eigenvalue weighted by Gasteiger charge is 2.36. The normalized spacial score (nSPS) is 19.5. The van der Waals surface area contributed by atoms with Crippen LogP contribution in [0.25, 0.3) is 0 Å². The second kappa shape index (κ2) is 10.2. The van der Waals surface area contributed by atoms with E-state index in [1.165, 1.54) is 6.07 Å². The number of hydrogen-bond acceptors (Lipinski definition) is 4. The fraction of sp³-hybridized carbons (Fsp3) is 0.542. The number of carbonyl (C=O) groups is 1. The van der Waals surface area contributed by atoms with Crippen LogP contribution in [-0.4, -0.2) is 55.6 Å². The van der Waals surface area contributed by atoms with Crippen LogP contribution in [0.15, 0.2) is 40.8 Å². The molecule has 30 heavy (non-hydrogen) atoms. The SMILES string of the molecule is COCCN(C[C@@H]1CN(Cc2ccc(C)o2)C[C@H]1c1cccc(F)c1)C(=O)C(C)C. The Morgan fingerprint density at radius 1 is 1.30 bits per heavy atom. The number of rotatable bonds is 9. The maximum atomic E-state index is 13.9. The third-order valence-corrected chi connectivity index (χ3v) is 5.79. The number of ether oxygens (including phenoxy) is 1. The van der Waals surface area contributed by atoms with Gasteiger partial charge in [0.05, 0.1) is 13.2 Å². The van der Waals surface area contributed by atoms with Crippen molar-refractivity contribution in [2.75, 3.05) is 39.9 Å². The number of hydrogen-bond donors (Lipinski definition) is 0. The molecule has 1 fully saturated rings. The van der Waals surface area contributed by atoms with E-state index >= 15 is 0 Å². The Balaban J connectivity index is 1.80. The van der Waals surface area contributed by atoms with Crippen molar-refractivity contribution in [1.29, 1.82) is 0 Å². The van der Waals surface area contributed by atoms with Crippen LogP contribution in [-0.2, 0) is 16.1 Å². The van der Waals surface area contributed by atoms with Crippen molar-refractivity contribution in [3.05, 3.63) is 59.3 Å². The number of nitrogens with zero attached hydrogens (tertiary/aromatic N) is 2. The molecule has 1 amide bonds. The van der Waals surface area contributed by atoms with E-state index in [1.807, 2.05) is 43.9 Å². The second-order valence-corrected chi connectivity index (χ2v) is 8.56. The molecule has 0 N–H and O–H groups in total. The van der Waals surface area contributed by atoms with Crippen LogP contribution in [0.3, 0.4) is 0 Å². The molecule has 3 rings (SSSR count). The molecule has 1 aromatic carbocycles. The summed E-state index contributed by atoms with van der Waals surface area (Å²) in [5.74, 6) is 2.03. The number of methoxy groups -OCH3 is 1. The molecule has 6 heteroatoms. The van der Waals surface area contributed by atoms with Gasteiger partial charge in [-0.2, -0.15) is 0 Å². The largest absolute Gasteiger partial charge is 0.465 e. The Bertz CT molecular complexity index is 835. The fourth-order valence-electron chi connectivity index (χ4n) is 4.32. The van der Waals surface area contributed by atoms with Crippen molar-refractivity contribution in [1.82, 2.24) is 9.80 Å². The number of amides is 1. The average Bonchev–Trinajstić information content (AvgIpc) is 3.30. The lowest BCUT2D eigenvalue weighted by Crippen LogP contribution is -2.41. The molecule has 1 aliphatic rings. The van der Waals surface area contributed by atoms with Gasteiger partial charge < -0.3 is 14.1 Å². The summed E-state index contributed by atoms with van der Waals surface area (Å²) >= 11 is 0. The minimum absolute atomic E-state index is 0.0712. The highest BCUT2D eigenvalue weighted by atomic mass is 19.1. The molecule has 1 aromatic heterocycles. The van der Waals surface area contributed by atoms with Gasteiger partial charge in [-0.05, 0) is 42.7 Å². The lowest BCUT2D eigenvalue weighted by Gasteiger charge is -2.29. The highest BCUT2D eigenvalue weighted by Crippen LogP contribution is 2.35. The zero-order chi connectivity index (χ0) is 21.7. The number of halogens is 1. The van der Waals surface area contributed by atoms with Gasteiger partial charge in [-0.25, -0.2) is 4.39 Å². The predicted molar refractivity (Wildman–Crippen MR) is 115 cm³/mol. The summed E-state index contributed by atoms with van der Waals surface area (Å²) in [7, 11) is 1.65. The minimum atomic E-state index is -0.221. The molecular weight excluding hydrogens is 383 g/mol. The molecule has 5 nitrogen and oxygen atoms in total. The van der Waals surface area contributed by atoms with Gasteiger partial charge >= 0.3 is 0 Å². The van der Waals surface area contributed by atoms with Gasteiger partial charge in [0.15, 0.2) is 0 Å². The molecule has 2 atom stereocenters. The van der Waals surface area contributed by atoms with E-state index in [1.54, 1.807) is 19.2 Å². The highest BCUT2D eigenvalue weighted by molar-refractivity contribution is 5.78. The molecule has 1 aliphatic heterocycles. The average molecular weight is 417 g/mol. The zero-order valence-corrected chi connectivity index (χ0v) is 18.4. The van der Waals surface area contributed by atoms with E-state index in [4.69, 9.17) is 9.15 Å². The summed E-state index contributed by atoms with van der Waals surface area (Å²) in [6.45, 7) is 9.84. The van der Waals surface area contributed by atoms with Crippen LogP contribution < -0.4 is 0 Å². The molecule has 0 spiro atoms. The number of aryl methyl sites for hydroxylation is 1. The Morgan fingerprint density at radius 3 is 2.73 bits per heavy atom. The van der Waals surface area contributed by atoms with Gasteiger partial charge in [0, 0.05) is 45.1 Å². The Labute approximate surface area is 178 Å². The summed E-state index contributed by atoms with van der Waals surface area (Å²) in [5.41, 5.74) is 0.988. The maximum Gasteiger partial charge on any atom is 0.225 e. The zero-order valence-electron chi connectivity index (χ0n) is 18.4. The van der Waals surface area contributed by atoms with Crippen molar-refractivity contribution in [2.24, 2.45) is 11.8 Å². The smallest absolute Gasteiger partial charge is 0.225 e. The lowest BCUT2D eigenvalue weighted by atomic mass is 9.88. The molecular formula is C24H33FN2O3. The third kappa shape index (κ3) is 5.70. The van der Waals surface area contributed by atoms with Gasteiger partial charge in [-0.1, -0.05) is 26.0 Å². The van der Waals surface area contributed by atoms with Crippen LogP contribution in [0.5, 0.6) is 0 Å². The summed E-state index contributed by atoms with van der Waals surface area (Å²) in [6.07, 6.45) is 0. The van der Waals surface area contributed by atoms with Gasteiger partial charge in [-0.3, -0.25) is 9.69 Å². The van der Waals surface area contributed by atoms with Gasteiger partial charge in [0.2, 0.25) is 5.91 Å². The van der Waals surface area contributed by atoms with Gasteiger partial charge in [-0.15, -0.1) is 0 Å². The van der Waals surface area contributed by atoms with E-state index in [-0.39, 0.29) is 29.5 Å². The summed E-state index contributed by atoms with van der Waals surface area (Å²) in [5, 5.41) is 0. The van der Waals surface area contributed by atoms with E-state index in [0.29, 0.717) is 26.2 Å². The first kappa shape index (κ1) is 22.5. The van der Waals surface area contributed by atoms with E-state index < -0.39 is 0 Å². The number of carbonyl (C=O) groups excluding carboxylic acids is 1. The van der Waals surface area contributed by atoms with Gasteiger partial charge in [0.1, 0.15) is 17.3 Å². The molecule has 164 valence electrons. The van der Waals surface area contributed by atoms with Crippen LogP contribution in [0, 0.1) is 24.6 Å². The lowest BCUT2D eigenvalue weighted by molar-refractivity contribution is -0.135. The monoisotopic (exact) mass is 416 g/mol. The summed E-state index contributed by atoms with van der Waals surface area (Å²) in [6, 6.07) is 10.8. The van der Waals surface area contributed by atoms with Crippen molar-refractivity contribution >= 4 is 5.91 Å². The Hall–Kier alpha value is -2.18. The molecule has 0 bridgehead atoms. The third-order valence-electron chi connectivity index (χ3n) is 5.79. The first-order valence-electron chi connectivity index (χ1n) is 10.7. The first-order chi connectivity index (χ1) is 14.4. The first-order valence-corrected chi connectivity index (χ1v) is 10.7.